The van der Waals surface area contributed by atoms with Gasteiger partial charge in [-0.1, -0.05) is 20.3 Å². The summed E-state index contributed by atoms with van der Waals surface area (Å²) in [4.78, 5) is 8.81. The molecule has 2 aliphatic heterocycles. The average molecular weight is 365 g/mol. The van der Waals surface area contributed by atoms with Gasteiger partial charge in [0, 0.05) is 24.5 Å². The highest BCUT2D eigenvalue weighted by molar-refractivity contribution is 5.22. The van der Waals surface area contributed by atoms with Gasteiger partial charge in [0.1, 0.15) is 11.6 Å². The third-order valence-electron chi connectivity index (χ3n) is 5.85. The van der Waals surface area contributed by atoms with Crippen molar-refractivity contribution >= 4 is 0 Å². The van der Waals surface area contributed by atoms with E-state index in [0.29, 0.717) is 18.5 Å². The van der Waals surface area contributed by atoms with Crippen molar-refractivity contribution in [3.8, 4) is 5.75 Å². The summed E-state index contributed by atoms with van der Waals surface area (Å²) < 4.78 is 18.9. The van der Waals surface area contributed by atoms with Crippen LogP contribution in [0.5, 0.6) is 5.75 Å². The Morgan fingerprint density at radius 1 is 1.15 bits per heavy atom. The van der Waals surface area contributed by atoms with Gasteiger partial charge in [-0.3, -0.25) is 4.84 Å². The van der Waals surface area contributed by atoms with Crippen LogP contribution in [0, 0.1) is 11.2 Å². The van der Waals surface area contributed by atoms with E-state index < -0.39 is 0 Å². The summed E-state index contributed by atoms with van der Waals surface area (Å²) in [6.07, 6.45) is 5.41. The summed E-state index contributed by atoms with van der Waals surface area (Å²) >= 11 is 0. The summed E-state index contributed by atoms with van der Waals surface area (Å²) in [5.74, 6) is 0.465. The first-order valence-corrected chi connectivity index (χ1v) is 9.98. The van der Waals surface area contributed by atoms with Crippen LogP contribution in [0.1, 0.15) is 46.5 Å². The molecule has 2 aliphatic rings. The molecule has 26 heavy (non-hydrogen) atoms. The summed E-state index contributed by atoms with van der Waals surface area (Å²) in [5.41, 5.74) is -0.0750. The van der Waals surface area contributed by atoms with E-state index in [1.54, 1.807) is 12.1 Å². The van der Waals surface area contributed by atoms with Gasteiger partial charge in [-0.2, -0.15) is 5.06 Å². The Balaban J connectivity index is 1.47. The van der Waals surface area contributed by atoms with Crippen LogP contribution in [0.25, 0.3) is 0 Å². The zero-order valence-electron chi connectivity index (χ0n) is 16.4. The molecule has 5 heteroatoms. The number of ether oxygens (including phenoxy) is 1. The molecular formula is C21H33FN2O2. The Morgan fingerprint density at radius 3 is 2.54 bits per heavy atom. The average Bonchev–Trinajstić information content (AvgIpc) is 3.10. The Kier molecular flexibility index (Phi) is 6.54. The maximum absolute atomic E-state index is 13.0. The lowest BCUT2D eigenvalue weighted by molar-refractivity contribution is -0.195. The van der Waals surface area contributed by atoms with Gasteiger partial charge in [-0.15, -0.1) is 0 Å². The number of benzene rings is 1. The first-order chi connectivity index (χ1) is 12.4. The van der Waals surface area contributed by atoms with Crippen molar-refractivity contribution in [2.45, 2.75) is 58.6 Å². The Labute approximate surface area is 157 Å². The lowest BCUT2D eigenvalue weighted by Crippen LogP contribution is -2.45. The van der Waals surface area contributed by atoms with Crippen LogP contribution in [0.4, 0.5) is 4.39 Å². The van der Waals surface area contributed by atoms with E-state index in [4.69, 9.17) is 9.57 Å². The first kappa shape index (κ1) is 19.6. The molecule has 3 rings (SSSR count). The second-order valence-electron chi connectivity index (χ2n) is 8.43. The van der Waals surface area contributed by atoms with Gasteiger partial charge in [0.2, 0.25) is 0 Å². The Morgan fingerprint density at radius 2 is 1.85 bits per heavy atom. The number of hydrogen-bond donors (Lipinski definition) is 0. The van der Waals surface area contributed by atoms with E-state index in [0.717, 1.165) is 19.5 Å². The van der Waals surface area contributed by atoms with Crippen molar-refractivity contribution in [1.29, 1.82) is 0 Å². The van der Waals surface area contributed by atoms with Crippen LogP contribution in [0.15, 0.2) is 24.3 Å². The maximum atomic E-state index is 13.0. The quantitative estimate of drug-likeness (QED) is 0.727. The molecular weight excluding hydrogens is 331 g/mol. The minimum absolute atomic E-state index is 0.0750. The van der Waals surface area contributed by atoms with Crippen molar-refractivity contribution < 1.29 is 14.0 Å². The summed E-state index contributed by atoms with van der Waals surface area (Å²) in [6, 6.07) is 6.46. The fourth-order valence-electron chi connectivity index (χ4n) is 3.72. The largest absolute Gasteiger partial charge is 0.493 e. The van der Waals surface area contributed by atoms with Crippen LogP contribution in [0.3, 0.4) is 0 Å². The fourth-order valence-corrected chi connectivity index (χ4v) is 3.72. The van der Waals surface area contributed by atoms with Crippen LogP contribution in [-0.4, -0.2) is 54.9 Å². The SMILES string of the molecule is CC(N1CCC(CN2CCCCC2)O1)C(C)(C)COc1ccc(F)cc1. The second kappa shape index (κ2) is 8.68. The second-order valence-corrected chi connectivity index (χ2v) is 8.43. The van der Waals surface area contributed by atoms with E-state index in [1.165, 1.54) is 44.5 Å². The summed E-state index contributed by atoms with van der Waals surface area (Å²) in [5, 5.41) is 2.14. The summed E-state index contributed by atoms with van der Waals surface area (Å²) in [6.45, 7) is 11.6. The zero-order chi connectivity index (χ0) is 18.6. The monoisotopic (exact) mass is 364 g/mol. The number of likely N-dealkylation sites (tertiary alicyclic amines) is 1. The molecule has 0 amide bonds. The van der Waals surface area contributed by atoms with E-state index in [2.05, 4.69) is 30.7 Å². The molecule has 0 radical (unpaired) electrons. The molecule has 4 nitrogen and oxygen atoms in total. The third-order valence-corrected chi connectivity index (χ3v) is 5.85. The van der Waals surface area contributed by atoms with Gasteiger partial charge < -0.3 is 9.64 Å². The van der Waals surface area contributed by atoms with E-state index >= 15 is 0 Å². The highest BCUT2D eigenvalue weighted by Crippen LogP contribution is 2.30. The predicted octanol–water partition coefficient (Wildman–Crippen LogP) is 4.11. The highest BCUT2D eigenvalue weighted by atomic mass is 19.1. The molecule has 1 aromatic carbocycles. The lowest BCUT2D eigenvalue weighted by Gasteiger charge is -2.37. The first-order valence-electron chi connectivity index (χ1n) is 9.98. The smallest absolute Gasteiger partial charge is 0.123 e. The fraction of sp³-hybridized carbons (Fsp3) is 0.714. The van der Waals surface area contributed by atoms with Crippen LogP contribution < -0.4 is 4.74 Å². The Bertz CT molecular complexity index is 558. The molecule has 2 saturated heterocycles. The van der Waals surface area contributed by atoms with Crippen molar-refractivity contribution in [3.63, 3.8) is 0 Å². The van der Waals surface area contributed by atoms with Crippen LogP contribution >= 0.6 is 0 Å². The topological polar surface area (TPSA) is 24.9 Å². The van der Waals surface area contributed by atoms with E-state index in [9.17, 15) is 4.39 Å². The van der Waals surface area contributed by atoms with Crippen molar-refractivity contribution in [2.75, 3.05) is 32.8 Å². The normalized spacial score (nSPS) is 23.9. The molecule has 0 aliphatic carbocycles. The maximum Gasteiger partial charge on any atom is 0.123 e. The number of rotatable bonds is 7. The standard InChI is InChI=1S/C21H33FN2O2/c1-17(21(2,3)16-25-19-9-7-18(22)8-10-19)24-14-11-20(26-24)15-23-12-5-4-6-13-23/h7-10,17,20H,4-6,11-16H2,1-3H3. The van der Waals surface area contributed by atoms with Gasteiger partial charge in [-0.05, 0) is 63.5 Å². The minimum atomic E-state index is -0.241. The Hall–Kier alpha value is -1.17. The number of nitrogens with zero attached hydrogens (tertiary/aromatic N) is 2. The molecule has 0 saturated carbocycles. The minimum Gasteiger partial charge on any atom is -0.493 e. The lowest BCUT2D eigenvalue weighted by atomic mass is 9.86. The molecule has 146 valence electrons. The van der Waals surface area contributed by atoms with Gasteiger partial charge in [-0.25, -0.2) is 4.39 Å². The molecule has 0 bridgehead atoms. The molecule has 0 spiro atoms. The molecule has 0 aromatic heterocycles. The number of hydroxylamine groups is 2. The van der Waals surface area contributed by atoms with Gasteiger partial charge >= 0.3 is 0 Å². The van der Waals surface area contributed by atoms with Gasteiger partial charge in [0.25, 0.3) is 0 Å². The van der Waals surface area contributed by atoms with Crippen LogP contribution in [-0.2, 0) is 4.84 Å². The highest BCUT2D eigenvalue weighted by Gasteiger charge is 2.37. The van der Waals surface area contributed by atoms with Crippen molar-refractivity contribution in [1.82, 2.24) is 9.96 Å². The number of halogens is 1. The molecule has 2 unspecified atom stereocenters. The predicted molar refractivity (Wildman–Crippen MR) is 102 cm³/mol. The van der Waals surface area contributed by atoms with Gasteiger partial charge in [0.15, 0.2) is 0 Å². The van der Waals surface area contributed by atoms with E-state index in [1.807, 2.05) is 0 Å². The van der Waals surface area contributed by atoms with Crippen LogP contribution in [0.2, 0.25) is 0 Å². The van der Waals surface area contributed by atoms with E-state index in [-0.39, 0.29) is 17.3 Å². The van der Waals surface area contributed by atoms with Crippen molar-refractivity contribution in [2.24, 2.45) is 5.41 Å². The number of hydrogen-bond acceptors (Lipinski definition) is 4. The third kappa shape index (κ3) is 5.18. The summed E-state index contributed by atoms with van der Waals surface area (Å²) in [7, 11) is 0. The number of piperidine rings is 1. The van der Waals surface area contributed by atoms with Crippen molar-refractivity contribution in [3.05, 3.63) is 30.1 Å². The van der Waals surface area contributed by atoms with Gasteiger partial charge in [0.05, 0.1) is 12.7 Å². The molecule has 1 aromatic rings. The zero-order valence-corrected chi connectivity index (χ0v) is 16.4. The molecule has 2 atom stereocenters. The molecule has 0 N–H and O–H groups in total. The molecule has 2 fully saturated rings. The molecule has 2 heterocycles.